The summed E-state index contributed by atoms with van der Waals surface area (Å²) in [6.07, 6.45) is -10.4. The Kier molecular flexibility index (Phi) is 10.4. The Morgan fingerprint density at radius 2 is 1.50 bits per heavy atom. The number of azide groups is 3. The van der Waals surface area contributed by atoms with Gasteiger partial charge in [0, 0.05) is 35.5 Å². The van der Waals surface area contributed by atoms with Gasteiger partial charge in [0.2, 0.25) is 0 Å². The van der Waals surface area contributed by atoms with Crippen LogP contribution >= 0.6 is 0 Å². The Balaban J connectivity index is 2.57. The summed E-state index contributed by atoms with van der Waals surface area (Å²) in [4.78, 5) is 43.0. The van der Waals surface area contributed by atoms with Gasteiger partial charge in [0.1, 0.15) is 24.4 Å². The van der Waals surface area contributed by atoms with Crippen LogP contribution in [0.4, 0.5) is 8.78 Å². The summed E-state index contributed by atoms with van der Waals surface area (Å²) >= 11 is 0. The molecule has 38 heavy (non-hydrogen) atoms. The van der Waals surface area contributed by atoms with E-state index in [2.05, 4.69) is 30.1 Å². The van der Waals surface area contributed by atoms with Crippen molar-refractivity contribution in [2.45, 2.75) is 88.9 Å². The fourth-order valence-corrected chi connectivity index (χ4v) is 4.36. The van der Waals surface area contributed by atoms with Gasteiger partial charge in [-0.15, -0.1) is 0 Å². The van der Waals surface area contributed by atoms with E-state index in [0.717, 1.165) is 20.8 Å². The first-order valence-electron chi connectivity index (χ1n) is 11.2. The number of hydrogen-bond acceptors (Lipinski definition) is 11. The van der Waals surface area contributed by atoms with Gasteiger partial charge >= 0.3 is 23.8 Å². The third-order valence-electron chi connectivity index (χ3n) is 5.78. The summed E-state index contributed by atoms with van der Waals surface area (Å²) in [6, 6.07) is -2.94. The van der Waals surface area contributed by atoms with Gasteiger partial charge in [-0.05, 0) is 28.9 Å². The number of carbonyl (C=O) groups excluding carboxylic acids is 3. The van der Waals surface area contributed by atoms with Gasteiger partial charge in [-0.3, -0.25) is 14.4 Å². The van der Waals surface area contributed by atoms with Crippen molar-refractivity contribution < 1.29 is 46.8 Å². The summed E-state index contributed by atoms with van der Waals surface area (Å²) in [5.74, 6) is -7.40. The van der Waals surface area contributed by atoms with E-state index in [0.29, 0.717) is 0 Å². The molecule has 1 heterocycles. The highest BCUT2D eigenvalue weighted by atomic mass is 19.3. The van der Waals surface area contributed by atoms with Crippen molar-refractivity contribution in [3.63, 3.8) is 0 Å². The minimum atomic E-state index is -3.99. The molecule has 0 radical (unpaired) electrons. The Labute approximate surface area is 213 Å². The molecule has 19 heteroatoms. The normalized spacial score (nSPS) is 33.8. The second kappa shape index (κ2) is 13.1. The van der Waals surface area contributed by atoms with Gasteiger partial charge in [-0.25, -0.2) is 0 Å². The largest absolute Gasteiger partial charge is 0.458 e. The Morgan fingerprint density at radius 1 is 0.921 bits per heavy atom. The zero-order chi connectivity index (χ0) is 28.6. The van der Waals surface area contributed by atoms with Crippen LogP contribution in [-0.4, -0.2) is 79.3 Å². The van der Waals surface area contributed by atoms with Crippen molar-refractivity contribution in [3.8, 4) is 0 Å². The first-order chi connectivity index (χ1) is 17.9. The Hall–Kier alpha value is -3.88. The van der Waals surface area contributed by atoms with Crippen LogP contribution in [0, 0.1) is 5.92 Å². The number of halogens is 2. The predicted molar refractivity (Wildman–Crippen MR) is 119 cm³/mol. The summed E-state index contributed by atoms with van der Waals surface area (Å²) in [7, 11) is 0. The van der Waals surface area contributed by atoms with Gasteiger partial charge < -0.3 is 23.7 Å². The molecule has 2 unspecified atom stereocenters. The standard InChI is InChI=1S/C19H25F2N9O8/c1-7-5-11(26-29-23)15(34-8(2)31)16(35-9(3)32)14(7)38-18-13(27-30-24)17(36-10(4)33)19(20,21)12(37-18)6-25-28-22/h7,11-18H,5-6H2,1-4H3/t7-,11?,12+,13?,14+,15-,16-,17+,18+/m0/s1. The quantitative estimate of drug-likeness (QED) is 0.136. The van der Waals surface area contributed by atoms with E-state index in [-0.39, 0.29) is 6.42 Å². The number of rotatable bonds is 9. The van der Waals surface area contributed by atoms with E-state index in [1.165, 1.54) is 0 Å². The maximum absolute atomic E-state index is 15.2. The highest BCUT2D eigenvalue weighted by molar-refractivity contribution is 5.67. The summed E-state index contributed by atoms with van der Waals surface area (Å²) < 4.78 is 57.1. The van der Waals surface area contributed by atoms with Gasteiger partial charge in [0.05, 0.1) is 12.6 Å². The lowest BCUT2D eigenvalue weighted by Crippen LogP contribution is -2.65. The minimum Gasteiger partial charge on any atom is -0.458 e. The van der Waals surface area contributed by atoms with Crippen molar-refractivity contribution in [3.05, 3.63) is 31.3 Å². The zero-order valence-corrected chi connectivity index (χ0v) is 20.7. The van der Waals surface area contributed by atoms with Crippen LogP contribution in [0.5, 0.6) is 0 Å². The zero-order valence-electron chi connectivity index (χ0n) is 20.7. The van der Waals surface area contributed by atoms with E-state index in [1.807, 2.05) is 0 Å². The molecule has 9 atom stereocenters. The maximum Gasteiger partial charge on any atom is 0.310 e. The van der Waals surface area contributed by atoms with E-state index in [1.54, 1.807) is 6.92 Å². The second-order valence-electron chi connectivity index (χ2n) is 8.54. The molecule has 208 valence electrons. The predicted octanol–water partition coefficient (Wildman–Crippen LogP) is 3.23. The molecule has 2 fully saturated rings. The van der Waals surface area contributed by atoms with E-state index >= 15 is 8.78 Å². The van der Waals surface area contributed by atoms with Gasteiger partial charge in [-0.1, -0.05) is 22.3 Å². The van der Waals surface area contributed by atoms with E-state index in [9.17, 15) is 14.4 Å². The van der Waals surface area contributed by atoms with Gasteiger partial charge in [0.25, 0.3) is 0 Å². The number of ether oxygens (including phenoxy) is 5. The molecule has 17 nitrogen and oxygen atoms in total. The number of alkyl halides is 2. The average Bonchev–Trinajstić information content (AvgIpc) is 2.81. The van der Waals surface area contributed by atoms with E-state index in [4.69, 9.17) is 40.3 Å². The third kappa shape index (κ3) is 7.12. The lowest BCUT2D eigenvalue weighted by atomic mass is 9.80. The monoisotopic (exact) mass is 545 g/mol. The number of esters is 3. The maximum atomic E-state index is 15.2. The highest BCUT2D eigenvalue weighted by Gasteiger charge is 2.61. The lowest BCUT2D eigenvalue weighted by Gasteiger charge is -2.48. The van der Waals surface area contributed by atoms with Crippen LogP contribution in [0.3, 0.4) is 0 Å². The molecule has 2 rings (SSSR count). The molecule has 1 saturated carbocycles. The molecule has 1 aliphatic heterocycles. The number of carbonyl (C=O) groups is 3. The molecular formula is C19H25F2N9O8. The van der Waals surface area contributed by atoms with Crippen molar-refractivity contribution in [2.75, 3.05) is 6.54 Å². The molecule has 2 aliphatic rings. The SMILES string of the molecule is CC(=O)O[C@H]1[C@H](O[C@H]2O[C@H](CN=[N+]=[N-])C(F)(F)[C@H](OC(C)=O)C2N=[N+]=[N-])[C@@H](C)CC(N=[N+]=[N-])[C@@H]1OC(C)=O. The van der Waals surface area contributed by atoms with Crippen LogP contribution < -0.4 is 0 Å². The number of nitrogens with zero attached hydrogens (tertiary/aromatic N) is 9. The molecule has 0 aromatic rings. The molecular weight excluding hydrogens is 520 g/mol. The van der Waals surface area contributed by atoms with Crippen molar-refractivity contribution in [2.24, 2.45) is 21.3 Å². The lowest BCUT2D eigenvalue weighted by molar-refractivity contribution is -0.329. The first-order valence-corrected chi connectivity index (χ1v) is 11.2. The summed E-state index contributed by atoms with van der Waals surface area (Å²) in [5.41, 5.74) is 26.6. The molecule has 0 aromatic carbocycles. The van der Waals surface area contributed by atoms with Crippen LogP contribution in [0.2, 0.25) is 0 Å². The summed E-state index contributed by atoms with van der Waals surface area (Å²) in [5, 5.41) is 10.0. The highest BCUT2D eigenvalue weighted by Crippen LogP contribution is 2.41. The fourth-order valence-electron chi connectivity index (χ4n) is 4.36. The van der Waals surface area contributed by atoms with Gasteiger partial charge in [0.15, 0.2) is 18.5 Å². The van der Waals surface area contributed by atoms with Crippen LogP contribution in [-0.2, 0) is 38.1 Å². The third-order valence-corrected chi connectivity index (χ3v) is 5.78. The molecule has 1 aliphatic carbocycles. The fraction of sp³-hybridized carbons (Fsp3) is 0.842. The van der Waals surface area contributed by atoms with Crippen LogP contribution in [0.1, 0.15) is 34.1 Å². The average molecular weight is 545 g/mol. The topological polar surface area (TPSA) is 244 Å². The van der Waals surface area contributed by atoms with Crippen molar-refractivity contribution in [1.29, 1.82) is 0 Å². The second-order valence-corrected chi connectivity index (χ2v) is 8.54. The Bertz CT molecular complexity index is 1060. The van der Waals surface area contributed by atoms with Gasteiger partial charge in [-0.2, -0.15) is 8.78 Å². The van der Waals surface area contributed by atoms with Crippen molar-refractivity contribution >= 4 is 17.9 Å². The molecule has 0 amide bonds. The molecule has 0 aromatic heterocycles. The summed E-state index contributed by atoms with van der Waals surface area (Å²) in [6.45, 7) is 3.66. The first kappa shape index (κ1) is 30.3. The van der Waals surface area contributed by atoms with Crippen molar-refractivity contribution in [1.82, 2.24) is 0 Å². The molecule has 0 spiro atoms. The molecule has 0 N–H and O–H groups in total. The van der Waals surface area contributed by atoms with Crippen LogP contribution in [0.25, 0.3) is 31.3 Å². The van der Waals surface area contributed by atoms with E-state index < -0.39 is 85.2 Å². The number of hydrogen-bond donors (Lipinski definition) is 0. The Morgan fingerprint density at radius 3 is 2.03 bits per heavy atom. The minimum absolute atomic E-state index is 0.0367. The molecule has 0 bridgehead atoms. The van der Waals surface area contributed by atoms with Crippen LogP contribution in [0.15, 0.2) is 15.3 Å². The smallest absolute Gasteiger partial charge is 0.310 e. The molecule has 1 saturated heterocycles.